The summed E-state index contributed by atoms with van der Waals surface area (Å²) >= 11 is 0. The molecular formula is C28H37N3O3S. The Balaban J connectivity index is 1.10. The minimum absolute atomic E-state index is 0.186. The molecule has 0 bridgehead atoms. The Bertz CT molecular complexity index is 1080. The number of nitrogens with one attached hydrogen (secondary N) is 1. The van der Waals surface area contributed by atoms with E-state index in [9.17, 15) is 9.00 Å². The number of hydrogen-bond donors (Lipinski definition) is 1. The summed E-state index contributed by atoms with van der Waals surface area (Å²) in [6.07, 6.45) is 3.99. The molecule has 3 atom stereocenters. The van der Waals surface area contributed by atoms with Crippen molar-refractivity contribution in [1.82, 2.24) is 10.2 Å². The van der Waals surface area contributed by atoms with Crippen LogP contribution in [0.25, 0.3) is 0 Å². The van der Waals surface area contributed by atoms with Gasteiger partial charge in [0.15, 0.2) is 11.0 Å². The number of rotatable bonds is 6. The second-order valence-electron chi connectivity index (χ2n) is 11.1. The van der Waals surface area contributed by atoms with Crippen molar-refractivity contribution < 1.29 is 13.7 Å². The number of likely N-dealkylation sites (tertiary alicyclic amines) is 1. The average molecular weight is 496 g/mol. The molecule has 1 amide bonds. The van der Waals surface area contributed by atoms with Gasteiger partial charge in [0.2, 0.25) is 0 Å². The van der Waals surface area contributed by atoms with E-state index in [4.69, 9.17) is 4.74 Å². The van der Waals surface area contributed by atoms with Gasteiger partial charge in [0.05, 0.1) is 10.6 Å². The molecule has 2 aromatic rings. The Kier molecular flexibility index (Phi) is 6.91. The lowest BCUT2D eigenvalue weighted by molar-refractivity contribution is 0.0184. The van der Waals surface area contributed by atoms with Gasteiger partial charge in [-0.1, -0.05) is 30.3 Å². The van der Waals surface area contributed by atoms with Gasteiger partial charge in [0.25, 0.3) is 0 Å². The fourth-order valence-corrected chi connectivity index (χ4v) is 6.47. The number of benzene rings is 2. The number of anilines is 1. The van der Waals surface area contributed by atoms with Gasteiger partial charge in [-0.05, 0) is 88.2 Å². The largest absolute Gasteiger partial charge is 0.444 e. The highest BCUT2D eigenvalue weighted by atomic mass is 32.2. The molecule has 1 saturated heterocycles. The van der Waals surface area contributed by atoms with Crippen LogP contribution >= 0.6 is 0 Å². The summed E-state index contributed by atoms with van der Waals surface area (Å²) in [5.74, 6) is 1.17. The zero-order valence-electron chi connectivity index (χ0n) is 21.0. The van der Waals surface area contributed by atoms with Crippen LogP contribution in [0.1, 0.15) is 57.1 Å². The first kappa shape index (κ1) is 24.3. The Morgan fingerprint density at radius 1 is 1.09 bits per heavy atom. The smallest absolute Gasteiger partial charge is 0.410 e. The Hall–Kier alpha value is -2.38. The van der Waals surface area contributed by atoms with Crippen LogP contribution in [-0.2, 0) is 22.1 Å². The SMILES string of the molecule is CC(C)(C)OC(=O)N1CCC(CNC2CC2c2ccc3c(c2)CCN3S(=O)c2ccccc2)CC1. The lowest BCUT2D eigenvalue weighted by atomic mass is 9.97. The summed E-state index contributed by atoms with van der Waals surface area (Å²) in [5.41, 5.74) is 3.38. The molecule has 2 heterocycles. The first-order valence-corrected chi connectivity index (χ1v) is 14.0. The standard InChI is InChI=1S/C28H37N3O3S/c1-28(2,3)34-27(32)30-14-11-20(12-15-30)19-29-25-18-24(25)21-9-10-26-22(17-21)13-16-31(26)35(33)23-7-5-4-6-8-23/h4-10,17,20,24-25,29H,11-16,18-19H2,1-3H3. The third kappa shape index (κ3) is 5.72. The van der Waals surface area contributed by atoms with Crippen molar-refractivity contribution in [2.24, 2.45) is 5.92 Å². The lowest BCUT2D eigenvalue weighted by Gasteiger charge is -2.33. The number of piperidine rings is 1. The van der Waals surface area contributed by atoms with Gasteiger partial charge in [-0.15, -0.1) is 0 Å². The van der Waals surface area contributed by atoms with E-state index in [0.717, 1.165) is 56.0 Å². The highest BCUT2D eigenvalue weighted by molar-refractivity contribution is 7.86. The molecule has 1 aliphatic carbocycles. The molecule has 0 aromatic heterocycles. The van der Waals surface area contributed by atoms with Crippen LogP contribution in [0.3, 0.4) is 0 Å². The van der Waals surface area contributed by atoms with Crippen LogP contribution in [0, 0.1) is 5.92 Å². The maximum absolute atomic E-state index is 13.0. The van der Waals surface area contributed by atoms with E-state index in [1.54, 1.807) is 0 Å². The quantitative estimate of drug-likeness (QED) is 0.622. The lowest BCUT2D eigenvalue weighted by Crippen LogP contribution is -2.43. The second-order valence-corrected chi connectivity index (χ2v) is 12.5. The number of ether oxygens (including phenoxy) is 1. The predicted octanol–water partition coefficient (Wildman–Crippen LogP) is 4.86. The molecule has 188 valence electrons. The topological polar surface area (TPSA) is 61.9 Å². The summed E-state index contributed by atoms with van der Waals surface area (Å²) in [6.45, 7) is 9.11. The van der Waals surface area contributed by atoms with Crippen LogP contribution in [0.15, 0.2) is 53.4 Å². The second kappa shape index (κ2) is 9.94. The van der Waals surface area contributed by atoms with E-state index >= 15 is 0 Å². The molecule has 2 aliphatic heterocycles. The van der Waals surface area contributed by atoms with Gasteiger partial charge in [0.1, 0.15) is 5.60 Å². The van der Waals surface area contributed by atoms with Crippen molar-refractivity contribution in [2.75, 3.05) is 30.5 Å². The van der Waals surface area contributed by atoms with Crippen LogP contribution in [0.4, 0.5) is 10.5 Å². The van der Waals surface area contributed by atoms with Crippen molar-refractivity contribution >= 4 is 22.8 Å². The van der Waals surface area contributed by atoms with Crippen LogP contribution in [-0.4, -0.2) is 53.0 Å². The summed E-state index contributed by atoms with van der Waals surface area (Å²) in [5, 5.41) is 3.78. The number of carbonyl (C=O) groups is 1. The molecule has 3 aliphatic rings. The Morgan fingerprint density at radius 3 is 2.54 bits per heavy atom. The number of hydrogen-bond acceptors (Lipinski definition) is 4. The van der Waals surface area contributed by atoms with Crippen molar-refractivity contribution in [3.05, 3.63) is 59.7 Å². The zero-order valence-corrected chi connectivity index (χ0v) is 21.9. The van der Waals surface area contributed by atoms with Crippen molar-refractivity contribution in [3.8, 4) is 0 Å². The molecule has 2 fully saturated rings. The summed E-state index contributed by atoms with van der Waals surface area (Å²) < 4.78 is 20.6. The van der Waals surface area contributed by atoms with Gasteiger partial charge in [-0.2, -0.15) is 0 Å². The van der Waals surface area contributed by atoms with Crippen LogP contribution in [0.2, 0.25) is 0 Å². The molecule has 1 saturated carbocycles. The molecule has 2 aromatic carbocycles. The fraction of sp³-hybridized carbons (Fsp3) is 0.536. The number of carbonyl (C=O) groups excluding carboxylic acids is 1. The van der Waals surface area contributed by atoms with E-state index in [0.29, 0.717) is 17.9 Å². The maximum atomic E-state index is 13.0. The normalized spacial score (nSPS) is 23.2. The molecule has 0 radical (unpaired) electrons. The van der Waals surface area contributed by atoms with Crippen molar-refractivity contribution in [1.29, 1.82) is 0 Å². The molecule has 6 nitrogen and oxygen atoms in total. The molecule has 5 rings (SSSR count). The zero-order chi connectivity index (χ0) is 24.6. The van der Waals surface area contributed by atoms with Gasteiger partial charge < -0.3 is 15.0 Å². The molecule has 7 heteroatoms. The predicted molar refractivity (Wildman–Crippen MR) is 140 cm³/mol. The molecule has 1 N–H and O–H groups in total. The van der Waals surface area contributed by atoms with E-state index in [-0.39, 0.29) is 6.09 Å². The highest BCUT2D eigenvalue weighted by Gasteiger charge is 2.39. The van der Waals surface area contributed by atoms with Crippen molar-refractivity contribution in [2.45, 2.75) is 68.9 Å². The third-order valence-corrected chi connectivity index (χ3v) is 8.71. The third-order valence-electron chi connectivity index (χ3n) is 7.26. The van der Waals surface area contributed by atoms with Gasteiger partial charge >= 0.3 is 6.09 Å². The van der Waals surface area contributed by atoms with Gasteiger partial charge in [-0.25, -0.2) is 9.00 Å². The Morgan fingerprint density at radius 2 is 1.83 bits per heavy atom. The molecule has 0 spiro atoms. The first-order valence-electron chi connectivity index (χ1n) is 12.9. The van der Waals surface area contributed by atoms with E-state index < -0.39 is 16.6 Å². The molecular weight excluding hydrogens is 458 g/mol. The summed E-state index contributed by atoms with van der Waals surface area (Å²) in [7, 11) is -1.16. The van der Waals surface area contributed by atoms with E-state index in [1.165, 1.54) is 17.5 Å². The maximum Gasteiger partial charge on any atom is 0.410 e. The number of fused-ring (bicyclic) bond motifs is 1. The molecule has 3 unspecified atom stereocenters. The van der Waals surface area contributed by atoms with Crippen molar-refractivity contribution in [3.63, 3.8) is 0 Å². The van der Waals surface area contributed by atoms with Gasteiger partial charge in [-0.3, -0.25) is 4.31 Å². The van der Waals surface area contributed by atoms with Crippen LogP contribution < -0.4 is 9.62 Å². The highest BCUT2D eigenvalue weighted by Crippen LogP contribution is 2.43. The van der Waals surface area contributed by atoms with E-state index in [2.05, 4.69) is 23.5 Å². The number of amides is 1. The molecule has 35 heavy (non-hydrogen) atoms. The summed E-state index contributed by atoms with van der Waals surface area (Å²) in [4.78, 5) is 15.0. The number of nitrogens with zero attached hydrogens (tertiary/aromatic N) is 2. The average Bonchev–Trinajstić information content (AvgIpc) is 3.51. The first-order chi connectivity index (χ1) is 16.8. The minimum atomic E-state index is -1.16. The monoisotopic (exact) mass is 495 g/mol. The Labute approximate surface area is 211 Å². The minimum Gasteiger partial charge on any atom is -0.444 e. The van der Waals surface area contributed by atoms with E-state index in [1.807, 2.05) is 60.3 Å². The van der Waals surface area contributed by atoms with Gasteiger partial charge in [0, 0.05) is 31.6 Å². The van der Waals surface area contributed by atoms with Crippen LogP contribution in [0.5, 0.6) is 0 Å². The fourth-order valence-electron chi connectivity index (χ4n) is 5.21. The summed E-state index contributed by atoms with van der Waals surface area (Å²) in [6, 6.07) is 17.0.